The Kier molecular flexibility index (Phi) is 6.54. The number of H-pyrrole nitrogens is 1. The van der Waals surface area contributed by atoms with Crippen LogP contribution in [0.25, 0.3) is 0 Å². The Balaban J connectivity index is 1.66. The van der Waals surface area contributed by atoms with Gasteiger partial charge in [-0.3, -0.25) is 4.98 Å². The van der Waals surface area contributed by atoms with E-state index in [1.807, 2.05) is 30.3 Å². The molecule has 2 aromatic carbocycles. The second-order valence-corrected chi connectivity index (χ2v) is 7.79. The molecule has 0 amide bonds. The third-order valence-corrected chi connectivity index (χ3v) is 5.55. The van der Waals surface area contributed by atoms with Gasteiger partial charge < -0.3 is 5.11 Å². The quantitative estimate of drug-likeness (QED) is 0.556. The Labute approximate surface area is 168 Å². The number of benzene rings is 2. The molecule has 0 aliphatic heterocycles. The van der Waals surface area contributed by atoms with Crippen LogP contribution in [0, 0.1) is 0 Å². The fourth-order valence-electron chi connectivity index (χ4n) is 2.15. The van der Waals surface area contributed by atoms with Gasteiger partial charge >= 0.3 is 11.7 Å². The lowest BCUT2D eigenvalue weighted by atomic mass is 10.1. The van der Waals surface area contributed by atoms with Gasteiger partial charge in [0.15, 0.2) is 10.3 Å². The minimum atomic E-state index is -0.977. The van der Waals surface area contributed by atoms with E-state index in [2.05, 4.69) is 15.0 Å². The number of carbonyl (C=O) groups is 1. The molecule has 1 aromatic heterocycles. The second kappa shape index (κ2) is 9.07. The van der Waals surface area contributed by atoms with Crippen molar-refractivity contribution < 1.29 is 9.90 Å². The maximum absolute atomic E-state index is 11.8. The van der Waals surface area contributed by atoms with Gasteiger partial charge in [0.05, 0.1) is 5.56 Å². The van der Waals surface area contributed by atoms with Crippen LogP contribution in [0.4, 0.5) is 0 Å². The average Bonchev–Trinajstić information content (AvgIpc) is 2.66. The molecule has 2 N–H and O–H groups in total. The molecule has 0 aliphatic carbocycles. The zero-order chi connectivity index (χ0) is 19.2. The van der Waals surface area contributed by atoms with Gasteiger partial charge in [0.25, 0.3) is 0 Å². The highest BCUT2D eigenvalue weighted by atomic mass is 35.5. The van der Waals surface area contributed by atoms with Crippen molar-refractivity contribution in [3.63, 3.8) is 0 Å². The van der Waals surface area contributed by atoms with Crippen LogP contribution in [0.1, 0.15) is 21.5 Å². The fourth-order valence-corrected chi connectivity index (χ4v) is 3.92. The topological polar surface area (TPSA) is 95.9 Å². The summed E-state index contributed by atoms with van der Waals surface area (Å²) < 4.78 is 0. The molecular formula is C18H14ClN3O3S2. The van der Waals surface area contributed by atoms with Crippen molar-refractivity contribution in [2.24, 2.45) is 0 Å². The predicted molar refractivity (Wildman–Crippen MR) is 107 cm³/mol. The molecule has 138 valence electrons. The number of carboxylic acids is 1. The van der Waals surface area contributed by atoms with Crippen LogP contribution in [0.15, 0.2) is 63.6 Å². The van der Waals surface area contributed by atoms with Crippen LogP contribution in [0.3, 0.4) is 0 Å². The van der Waals surface area contributed by atoms with Gasteiger partial charge in [-0.2, -0.15) is 9.97 Å². The number of nitrogens with one attached hydrogen (secondary N) is 1. The smallest absolute Gasteiger partial charge is 0.349 e. The minimum absolute atomic E-state index is 0.221. The zero-order valence-electron chi connectivity index (χ0n) is 13.9. The Hall–Kier alpha value is -2.29. The minimum Gasteiger partial charge on any atom is -0.478 e. The first kappa shape index (κ1) is 19.5. The van der Waals surface area contributed by atoms with Gasteiger partial charge in [0, 0.05) is 16.5 Å². The monoisotopic (exact) mass is 419 g/mol. The third-order valence-electron chi connectivity index (χ3n) is 3.44. The fraction of sp³-hybridized carbons (Fsp3) is 0.111. The highest BCUT2D eigenvalue weighted by molar-refractivity contribution is 7.99. The van der Waals surface area contributed by atoms with E-state index in [9.17, 15) is 9.59 Å². The first-order chi connectivity index (χ1) is 13.0. The van der Waals surface area contributed by atoms with Gasteiger partial charge in [-0.15, -0.1) is 0 Å². The molecule has 0 aliphatic rings. The van der Waals surface area contributed by atoms with Crippen LogP contribution in [-0.4, -0.2) is 26.0 Å². The highest BCUT2D eigenvalue weighted by Crippen LogP contribution is 2.23. The van der Waals surface area contributed by atoms with Crippen molar-refractivity contribution in [2.75, 3.05) is 0 Å². The Morgan fingerprint density at radius 1 is 1.04 bits per heavy atom. The summed E-state index contributed by atoms with van der Waals surface area (Å²) in [6.07, 6.45) is 0. The Bertz CT molecular complexity index is 1010. The van der Waals surface area contributed by atoms with E-state index in [0.717, 1.165) is 11.1 Å². The number of hydrogen-bond donors (Lipinski definition) is 2. The summed E-state index contributed by atoms with van der Waals surface area (Å²) in [5.74, 6) is 0.121. The van der Waals surface area contributed by atoms with E-state index in [1.54, 1.807) is 12.1 Å². The molecule has 3 rings (SSSR count). The normalized spacial score (nSPS) is 10.7. The summed E-state index contributed by atoms with van der Waals surface area (Å²) in [6, 6.07) is 14.1. The summed E-state index contributed by atoms with van der Waals surface area (Å²) in [5.41, 5.74) is 1.63. The molecule has 0 atom stereocenters. The molecule has 0 saturated carbocycles. The molecule has 1 heterocycles. The van der Waals surface area contributed by atoms with E-state index < -0.39 is 11.7 Å². The number of aromatic nitrogens is 3. The predicted octanol–water partition coefficient (Wildman–Crippen LogP) is 4.10. The van der Waals surface area contributed by atoms with Crippen molar-refractivity contribution in [1.82, 2.24) is 15.0 Å². The van der Waals surface area contributed by atoms with Crippen molar-refractivity contribution in [1.29, 1.82) is 0 Å². The molecule has 0 spiro atoms. The van der Waals surface area contributed by atoms with Gasteiger partial charge in [0.1, 0.15) is 0 Å². The van der Waals surface area contributed by atoms with Gasteiger partial charge in [-0.1, -0.05) is 59.4 Å². The van der Waals surface area contributed by atoms with Crippen molar-refractivity contribution in [3.8, 4) is 0 Å². The third kappa shape index (κ3) is 5.85. The van der Waals surface area contributed by atoms with E-state index in [-0.39, 0.29) is 5.56 Å². The summed E-state index contributed by atoms with van der Waals surface area (Å²) in [7, 11) is 0. The second-order valence-electron chi connectivity index (χ2n) is 5.45. The number of hydrogen-bond acceptors (Lipinski definition) is 6. The van der Waals surface area contributed by atoms with Gasteiger partial charge in [-0.05, 0) is 35.4 Å². The first-order valence-electron chi connectivity index (χ1n) is 7.80. The molecule has 0 radical (unpaired) electrons. The number of aromatic carboxylic acids is 1. The standard InChI is InChI=1S/C18H14ClN3O3S2/c19-14-6-4-11(5-7-14)9-26-17-20-16(25)21-18(22-17)27-10-12-2-1-3-13(8-12)15(23)24/h1-8H,9-10H2,(H,23,24)(H,20,21,22,25). The molecular weight excluding hydrogens is 406 g/mol. The average molecular weight is 420 g/mol. The number of aromatic amines is 1. The van der Waals surface area contributed by atoms with Crippen molar-refractivity contribution in [2.45, 2.75) is 21.8 Å². The Morgan fingerprint density at radius 2 is 1.78 bits per heavy atom. The van der Waals surface area contributed by atoms with E-state index >= 15 is 0 Å². The summed E-state index contributed by atoms with van der Waals surface area (Å²) in [4.78, 5) is 33.7. The molecule has 0 bridgehead atoms. The SMILES string of the molecule is O=C(O)c1cccc(CSc2nc(SCc3ccc(Cl)cc3)[nH]c(=O)n2)c1. The lowest BCUT2D eigenvalue weighted by Gasteiger charge is -2.05. The summed E-state index contributed by atoms with van der Waals surface area (Å²) >= 11 is 8.55. The number of nitrogens with zero attached hydrogens (tertiary/aromatic N) is 2. The van der Waals surface area contributed by atoms with E-state index in [4.69, 9.17) is 16.7 Å². The highest BCUT2D eigenvalue weighted by Gasteiger charge is 2.08. The molecule has 27 heavy (non-hydrogen) atoms. The largest absolute Gasteiger partial charge is 0.478 e. The lowest BCUT2D eigenvalue weighted by molar-refractivity contribution is 0.0697. The van der Waals surface area contributed by atoms with E-state index in [0.29, 0.717) is 26.8 Å². The maximum atomic E-state index is 11.8. The molecule has 0 unspecified atom stereocenters. The lowest BCUT2D eigenvalue weighted by Crippen LogP contribution is -2.13. The van der Waals surface area contributed by atoms with Crippen LogP contribution in [0.5, 0.6) is 0 Å². The van der Waals surface area contributed by atoms with Crippen LogP contribution in [-0.2, 0) is 11.5 Å². The Morgan fingerprint density at radius 3 is 2.52 bits per heavy atom. The zero-order valence-corrected chi connectivity index (χ0v) is 16.3. The first-order valence-corrected chi connectivity index (χ1v) is 10.1. The number of rotatable bonds is 7. The van der Waals surface area contributed by atoms with Gasteiger partial charge in [0.2, 0.25) is 0 Å². The number of thioether (sulfide) groups is 2. The van der Waals surface area contributed by atoms with E-state index in [1.165, 1.54) is 29.6 Å². The molecule has 0 saturated heterocycles. The van der Waals surface area contributed by atoms with Crippen LogP contribution < -0.4 is 5.69 Å². The van der Waals surface area contributed by atoms with Crippen molar-refractivity contribution >= 4 is 41.1 Å². The van der Waals surface area contributed by atoms with Crippen LogP contribution >= 0.6 is 35.1 Å². The molecule has 9 heteroatoms. The number of halogens is 1. The molecule has 6 nitrogen and oxygen atoms in total. The van der Waals surface area contributed by atoms with Crippen LogP contribution in [0.2, 0.25) is 5.02 Å². The summed E-state index contributed by atoms with van der Waals surface area (Å²) in [5, 5.41) is 10.5. The van der Waals surface area contributed by atoms with Gasteiger partial charge in [-0.25, -0.2) is 9.59 Å². The molecule has 0 fully saturated rings. The summed E-state index contributed by atoms with van der Waals surface area (Å²) in [6.45, 7) is 0. The molecule has 3 aromatic rings. The number of carboxylic acid groups (broad SMARTS) is 1. The maximum Gasteiger partial charge on any atom is 0.349 e. The van der Waals surface area contributed by atoms with Crippen molar-refractivity contribution in [3.05, 3.63) is 80.7 Å².